The molecule has 2 atom stereocenters. The normalized spacial score (nSPS) is 13.3. The molecule has 0 aliphatic heterocycles. The lowest BCUT2D eigenvalue weighted by Gasteiger charge is -2.35. The fraction of sp³-hybridized carbons (Fsp3) is 0.455. The molecule has 1 N–H and O–H groups in total. The molecule has 1 rings (SSSR count). The Morgan fingerprint density at radius 1 is 1.10 bits per heavy atom. The summed E-state index contributed by atoms with van der Waals surface area (Å²) in [7, 11) is 4.81. The molecule has 0 aromatic heterocycles. The van der Waals surface area contributed by atoms with E-state index in [0.29, 0.717) is 18.4 Å². The van der Waals surface area contributed by atoms with Gasteiger partial charge in [-0.1, -0.05) is 24.3 Å². The van der Waals surface area contributed by atoms with E-state index in [1.807, 2.05) is 0 Å². The van der Waals surface area contributed by atoms with E-state index < -0.39 is 23.8 Å². The SMILES string of the molecule is C=CCCN(C(=O)[C@H](CC=C)NC)[C@@H](Cc1ccc(C(F)(F)F)cc1)C(=O)N(C)C. The van der Waals surface area contributed by atoms with Crippen molar-refractivity contribution >= 4 is 11.8 Å². The highest BCUT2D eigenvalue weighted by Gasteiger charge is 2.34. The Balaban J connectivity index is 3.29. The summed E-state index contributed by atoms with van der Waals surface area (Å²) >= 11 is 0. The number of alkyl halides is 3. The number of benzene rings is 1. The number of hydrogen-bond acceptors (Lipinski definition) is 3. The molecule has 8 heteroatoms. The maximum absolute atomic E-state index is 13.2. The van der Waals surface area contributed by atoms with Crippen molar-refractivity contribution in [1.29, 1.82) is 0 Å². The van der Waals surface area contributed by atoms with Gasteiger partial charge in [0.05, 0.1) is 11.6 Å². The number of nitrogens with one attached hydrogen (secondary N) is 1. The van der Waals surface area contributed by atoms with Gasteiger partial charge >= 0.3 is 6.18 Å². The molecule has 0 saturated carbocycles. The predicted molar refractivity (Wildman–Crippen MR) is 112 cm³/mol. The molecule has 0 bridgehead atoms. The zero-order valence-corrected chi connectivity index (χ0v) is 17.7. The van der Waals surface area contributed by atoms with Gasteiger partial charge in [0.25, 0.3) is 0 Å². The first kappa shape index (κ1) is 25.4. The Morgan fingerprint density at radius 2 is 1.70 bits per heavy atom. The molecular formula is C22H30F3N3O2. The molecule has 1 aromatic carbocycles. The topological polar surface area (TPSA) is 52.7 Å². The van der Waals surface area contributed by atoms with Crippen LogP contribution in [0.25, 0.3) is 0 Å². The fourth-order valence-corrected chi connectivity index (χ4v) is 3.04. The van der Waals surface area contributed by atoms with Crippen LogP contribution in [0, 0.1) is 0 Å². The molecule has 0 radical (unpaired) electrons. The van der Waals surface area contributed by atoms with E-state index in [-0.39, 0.29) is 24.8 Å². The van der Waals surface area contributed by atoms with Crippen molar-refractivity contribution < 1.29 is 22.8 Å². The molecule has 0 unspecified atom stereocenters. The highest BCUT2D eigenvalue weighted by Crippen LogP contribution is 2.29. The van der Waals surface area contributed by atoms with Crippen LogP contribution >= 0.6 is 0 Å². The second-order valence-corrected chi connectivity index (χ2v) is 7.12. The summed E-state index contributed by atoms with van der Waals surface area (Å²) < 4.78 is 38.6. The van der Waals surface area contributed by atoms with Gasteiger partial charge in [-0.25, -0.2) is 0 Å². The Bertz CT molecular complexity index is 730. The second-order valence-electron chi connectivity index (χ2n) is 7.12. The molecule has 0 spiro atoms. The van der Waals surface area contributed by atoms with Gasteiger partial charge in [0.2, 0.25) is 11.8 Å². The third-order valence-electron chi connectivity index (χ3n) is 4.72. The zero-order valence-electron chi connectivity index (χ0n) is 17.7. The molecule has 0 aliphatic carbocycles. The average molecular weight is 425 g/mol. The number of halogens is 3. The van der Waals surface area contributed by atoms with Crippen molar-refractivity contribution in [3.63, 3.8) is 0 Å². The summed E-state index contributed by atoms with van der Waals surface area (Å²) in [5.41, 5.74) is -0.230. The molecule has 0 heterocycles. The second kappa shape index (κ2) is 11.5. The first-order chi connectivity index (χ1) is 14.1. The van der Waals surface area contributed by atoms with Gasteiger partial charge in [0, 0.05) is 27.1 Å². The first-order valence-corrected chi connectivity index (χ1v) is 9.63. The van der Waals surface area contributed by atoms with E-state index in [1.54, 1.807) is 33.3 Å². The Morgan fingerprint density at radius 3 is 2.13 bits per heavy atom. The molecule has 0 fully saturated rings. The molecule has 1 aromatic rings. The van der Waals surface area contributed by atoms with Crippen molar-refractivity contribution in [1.82, 2.24) is 15.1 Å². The van der Waals surface area contributed by atoms with Crippen LogP contribution in [0.5, 0.6) is 0 Å². The van der Waals surface area contributed by atoms with E-state index in [4.69, 9.17) is 0 Å². The van der Waals surface area contributed by atoms with Crippen molar-refractivity contribution in [2.75, 3.05) is 27.7 Å². The number of carbonyl (C=O) groups excluding carboxylic acids is 2. The third kappa shape index (κ3) is 7.02. The molecule has 0 aliphatic rings. The van der Waals surface area contributed by atoms with Crippen LogP contribution < -0.4 is 5.32 Å². The Labute approximate surface area is 176 Å². The van der Waals surface area contributed by atoms with E-state index in [9.17, 15) is 22.8 Å². The number of likely N-dealkylation sites (N-methyl/N-ethyl adjacent to an activating group) is 2. The van der Waals surface area contributed by atoms with Crippen molar-refractivity contribution in [3.05, 3.63) is 60.7 Å². The zero-order chi connectivity index (χ0) is 22.9. The van der Waals surface area contributed by atoms with Gasteiger partial charge in [-0.2, -0.15) is 13.2 Å². The maximum Gasteiger partial charge on any atom is 0.416 e. The van der Waals surface area contributed by atoms with Gasteiger partial charge in [0.1, 0.15) is 6.04 Å². The molecule has 30 heavy (non-hydrogen) atoms. The van der Waals surface area contributed by atoms with Crippen LogP contribution in [0.15, 0.2) is 49.6 Å². The van der Waals surface area contributed by atoms with Crippen LogP contribution in [0.4, 0.5) is 13.2 Å². The standard InChI is InChI=1S/C22H30F3N3O2/c1-6-8-14-28(20(29)18(26-3)9-7-2)19(21(30)27(4)5)15-16-10-12-17(13-11-16)22(23,24)25/h6-7,10-13,18-19,26H,1-2,8-9,14-15H2,3-5H3/t18-,19-/m0/s1. The highest BCUT2D eigenvalue weighted by atomic mass is 19.4. The minimum absolute atomic E-state index is 0.0998. The lowest BCUT2D eigenvalue weighted by atomic mass is 10.00. The minimum Gasteiger partial charge on any atom is -0.347 e. The van der Waals surface area contributed by atoms with Crippen LogP contribution in [0.1, 0.15) is 24.0 Å². The lowest BCUT2D eigenvalue weighted by Crippen LogP contribution is -2.55. The Kier molecular flexibility index (Phi) is 9.78. The average Bonchev–Trinajstić information content (AvgIpc) is 2.70. The van der Waals surface area contributed by atoms with Gasteiger partial charge in [0.15, 0.2) is 0 Å². The summed E-state index contributed by atoms with van der Waals surface area (Å²) in [5.74, 6) is -0.577. The van der Waals surface area contributed by atoms with E-state index in [2.05, 4.69) is 18.5 Å². The third-order valence-corrected chi connectivity index (χ3v) is 4.72. The summed E-state index contributed by atoms with van der Waals surface area (Å²) in [6.45, 7) is 7.61. The van der Waals surface area contributed by atoms with Crippen LogP contribution in [0.2, 0.25) is 0 Å². The predicted octanol–water partition coefficient (Wildman–Crippen LogP) is 3.27. The largest absolute Gasteiger partial charge is 0.416 e. The van der Waals surface area contributed by atoms with Gasteiger partial charge in [-0.15, -0.1) is 13.2 Å². The number of carbonyl (C=O) groups is 2. The fourth-order valence-electron chi connectivity index (χ4n) is 3.04. The highest BCUT2D eigenvalue weighted by molar-refractivity contribution is 5.90. The molecule has 166 valence electrons. The van der Waals surface area contributed by atoms with E-state index in [0.717, 1.165) is 12.1 Å². The molecule has 5 nitrogen and oxygen atoms in total. The summed E-state index contributed by atoms with van der Waals surface area (Å²) in [5, 5.41) is 2.93. The number of rotatable bonds is 11. The molecule has 0 saturated heterocycles. The minimum atomic E-state index is -4.44. The van der Waals surface area contributed by atoms with Crippen LogP contribution in [-0.2, 0) is 22.2 Å². The van der Waals surface area contributed by atoms with Crippen LogP contribution in [0.3, 0.4) is 0 Å². The van der Waals surface area contributed by atoms with Gasteiger partial charge in [-0.05, 0) is 37.6 Å². The summed E-state index contributed by atoms with van der Waals surface area (Å²) in [6, 6.07) is 3.23. The number of amides is 2. The quantitative estimate of drug-likeness (QED) is 0.554. The number of nitrogens with zero attached hydrogens (tertiary/aromatic N) is 2. The van der Waals surface area contributed by atoms with Crippen molar-refractivity contribution in [3.8, 4) is 0 Å². The monoisotopic (exact) mass is 425 g/mol. The van der Waals surface area contributed by atoms with Crippen molar-refractivity contribution in [2.24, 2.45) is 0 Å². The lowest BCUT2D eigenvalue weighted by molar-refractivity contribution is -0.145. The van der Waals surface area contributed by atoms with E-state index >= 15 is 0 Å². The maximum atomic E-state index is 13.2. The molecule has 2 amide bonds. The van der Waals surface area contributed by atoms with Gasteiger partial charge < -0.3 is 15.1 Å². The van der Waals surface area contributed by atoms with Crippen LogP contribution in [-0.4, -0.2) is 61.4 Å². The first-order valence-electron chi connectivity index (χ1n) is 9.63. The smallest absolute Gasteiger partial charge is 0.347 e. The summed E-state index contributed by atoms with van der Waals surface area (Å²) in [4.78, 5) is 29.0. The van der Waals surface area contributed by atoms with E-state index in [1.165, 1.54) is 21.9 Å². The van der Waals surface area contributed by atoms with Gasteiger partial charge in [-0.3, -0.25) is 9.59 Å². The summed E-state index contributed by atoms with van der Waals surface area (Å²) in [6.07, 6.45) is -0.221. The number of hydrogen-bond donors (Lipinski definition) is 1. The Hall–Kier alpha value is -2.61. The van der Waals surface area contributed by atoms with Crippen molar-refractivity contribution in [2.45, 2.75) is 37.5 Å². The molecular weight excluding hydrogens is 395 g/mol.